The molecule has 0 aliphatic rings. The first-order valence-corrected chi connectivity index (χ1v) is 6.89. The highest BCUT2D eigenvalue weighted by Crippen LogP contribution is 2.29. The Bertz CT molecular complexity index is 1190. The lowest BCUT2D eigenvalue weighted by Crippen LogP contribution is -2.24. The number of nitrogens with one attached hydrogen (secondary N) is 4. The molecule has 0 aromatic carbocycles. The molecule has 0 radical (unpaired) electrons. The summed E-state index contributed by atoms with van der Waals surface area (Å²) in [5, 5.41) is 1.91. The molecule has 0 spiro atoms. The Labute approximate surface area is 139 Å². The molecule has 3 heterocycles. The molecule has 3 aromatic rings. The number of nitrogens with zero attached hydrogens (tertiary/aromatic N) is 1. The van der Waals surface area contributed by atoms with E-state index in [4.69, 9.17) is 0 Å². The second-order valence-corrected chi connectivity index (χ2v) is 5.11. The molecule has 0 fully saturated rings. The van der Waals surface area contributed by atoms with Gasteiger partial charge in [0.1, 0.15) is 11.3 Å². The molecule has 4 N–H and O–H groups in total. The minimum absolute atomic E-state index is 0.0767. The molecule has 12 heteroatoms. The Morgan fingerprint density at radius 2 is 1.81 bits per heavy atom. The summed E-state index contributed by atoms with van der Waals surface area (Å²) in [4.78, 5) is 56.5. The second kappa shape index (κ2) is 5.98. The quantitative estimate of drug-likeness (QED) is 0.524. The number of fused-ring (bicyclic) bond motifs is 1. The molecular weight excluding hydrogens is 359 g/mol. The van der Waals surface area contributed by atoms with Crippen LogP contribution in [-0.4, -0.2) is 25.8 Å². The van der Waals surface area contributed by atoms with E-state index in [0.717, 1.165) is 12.3 Å². The lowest BCUT2D eigenvalue weighted by atomic mass is 10.2. The van der Waals surface area contributed by atoms with Crippen molar-refractivity contribution < 1.29 is 18.0 Å². The van der Waals surface area contributed by atoms with Crippen molar-refractivity contribution in [1.29, 1.82) is 0 Å². The highest BCUT2D eigenvalue weighted by molar-refractivity contribution is 6.05. The van der Waals surface area contributed by atoms with E-state index >= 15 is 0 Å². The highest BCUT2D eigenvalue weighted by Gasteiger charge is 2.31. The van der Waals surface area contributed by atoms with Crippen LogP contribution in [0.15, 0.2) is 38.9 Å². The van der Waals surface area contributed by atoms with E-state index in [-0.39, 0.29) is 16.6 Å². The van der Waals surface area contributed by atoms with Crippen LogP contribution in [0.2, 0.25) is 0 Å². The van der Waals surface area contributed by atoms with E-state index in [9.17, 15) is 32.3 Å². The molecule has 0 aliphatic heterocycles. The molecule has 0 saturated heterocycles. The number of alkyl halides is 3. The van der Waals surface area contributed by atoms with Crippen molar-refractivity contribution >= 4 is 22.6 Å². The first-order chi connectivity index (χ1) is 12.1. The van der Waals surface area contributed by atoms with Crippen LogP contribution in [0.5, 0.6) is 0 Å². The Hall–Kier alpha value is -3.70. The average molecular weight is 367 g/mol. The molecule has 0 unspecified atom stereocenters. The largest absolute Gasteiger partial charge is 0.417 e. The highest BCUT2D eigenvalue weighted by atomic mass is 19.4. The van der Waals surface area contributed by atoms with E-state index in [2.05, 4.69) is 9.97 Å². The third-order valence-corrected chi connectivity index (χ3v) is 3.33. The first kappa shape index (κ1) is 17.1. The normalized spacial score (nSPS) is 11.5. The Morgan fingerprint density at radius 3 is 2.50 bits per heavy atom. The van der Waals surface area contributed by atoms with Gasteiger partial charge in [-0.2, -0.15) is 13.2 Å². The van der Waals surface area contributed by atoms with Gasteiger partial charge in [-0.3, -0.25) is 24.4 Å². The van der Waals surface area contributed by atoms with Crippen molar-refractivity contribution in [3.05, 3.63) is 66.8 Å². The molecule has 0 bridgehead atoms. The molecule has 0 aliphatic carbocycles. The van der Waals surface area contributed by atoms with Crippen molar-refractivity contribution in [2.75, 3.05) is 5.32 Å². The topological polar surface area (TPSA) is 141 Å². The number of carbonyl (C=O) groups is 1. The van der Waals surface area contributed by atoms with Gasteiger partial charge < -0.3 is 10.3 Å². The van der Waals surface area contributed by atoms with Gasteiger partial charge >= 0.3 is 11.9 Å². The summed E-state index contributed by atoms with van der Waals surface area (Å²) in [6.07, 6.45) is -3.24. The predicted octanol–water partition coefficient (Wildman–Crippen LogP) is 0.571. The minimum Gasteiger partial charge on any atom is -0.327 e. The minimum atomic E-state index is -4.71. The van der Waals surface area contributed by atoms with Gasteiger partial charge in [-0.05, 0) is 12.1 Å². The fourth-order valence-electron chi connectivity index (χ4n) is 2.11. The molecule has 9 nitrogen and oxygen atoms in total. The predicted molar refractivity (Wildman–Crippen MR) is 83.0 cm³/mol. The van der Waals surface area contributed by atoms with Crippen molar-refractivity contribution in [2.24, 2.45) is 0 Å². The summed E-state index contributed by atoms with van der Waals surface area (Å²) >= 11 is 0. The van der Waals surface area contributed by atoms with Gasteiger partial charge in [0.25, 0.3) is 17.0 Å². The number of aromatic amines is 3. The van der Waals surface area contributed by atoms with Crippen LogP contribution in [-0.2, 0) is 6.18 Å². The van der Waals surface area contributed by atoms with Gasteiger partial charge in [0.2, 0.25) is 0 Å². The van der Waals surface area contributed by atoms with Crippen LogP contribution in [0.25, 0.3) is 11.0 Å². The number of aromatic nitrogens is 4. The second-order valence-electron chi connectivity index (χ2n) is 5.11. The molecular formula is C14H8F3N5O4. The van der Waals surface area contributed by atoms with Crippen LogP contribution >= 0.6 is 0 Å². The summed E-state index contributed by atoms with van der Waals surface area (Å²) in [6, 6.07) is 1.56. The number of carbonyl (C=O) groups excluding carboxylic acids is 1. The lowest BCUT2D eigenvalue weighted by Gasteiger charge is -2.09. The number of amides is 1. The zero-order valence-corrected chi connectivity index (χ0v) is 12.5. The number of anilines is 1. The third-order valence-electron chi connectivity index (χ3n) is 3.33. The van der Waals surface area contributed by atoms with E-state index in [1.165, 1.54) is 0 Å². The molecule has 3 rings (SSSR count). The summed E-state index contributed by atoms with van der Waals surface area (Å²) < 4.78 is 38.1. The smallest absolute Gasteiger partial charge is 0.327 e. The van der Waals surface area contributed by atoms with E-state index < -0.39 is 40.1 Å². The van der Waals surface area contributed by atoms with E-state index in [1.807, 2.05) is 15.3 Å². The van der Waals surface area contributed by atoms with E-state index in [1.54, 1.807) is 0 Å². The maximum atomic E-state index is 12.7. The number of hydrogen-bond donors (Lipinski definition) is 4. The van der Waals surface area contributed by atoms with E-state index in [0.29, 0.717) is 12.3 Å². The molecule has 0 atom stereocenters. The van der Waals surface area contributed by atoms with Crippen molar-refractivity contribution in [2.45, 2.75) is 6.18 Å². The Balaban J connectivity index is 1.99. The van der Waals surface area contributed by atoms with Gasteiger partial charge in [0.05, 0.1) is 16.5 Å². The fraction of sp³-hybridized carbons (Fsp3) is 0.0714. The Morgan fingerprint density at radius 1 is 1.08 bits per heavy atom. The van der Waals surface area contributed by atoms with Gasteiger partial charge in [-0.1, -0.05) is 0 Å². The molecule has 3 aromatic heterocycles. The summed E-state index contributed by atoms with van der Waals surface area (Å²) in [5.41, 5.74) is -4.59. The Kier molecular flexibility index (Phi) is 3.94. The molecule has 134 valence electrons. The first-order valence-electron chi connectivity index (χ1n) is 6.89. The average Bonchev–Trinajstić information content (AvgIpc) is 2.55. The zero-order chi connectivity index (χ0) is 19.1. The van der Waals surface area contributed by atoms with Gasteiger partial charge in [0.15, 0.2) is 0 Å². The van der Waals surface area contributed by atoms with Crippen LogP contribution in [0.3, 0.4) is 0 Å². The van der Waals surface area contributed by atoms with Crippen LogP contribution in [0.4, 0.5) is 18.9 Å². The molecule has 1 amide bonds. The number of halogens is 3. The number of rotatable bonds is 2. The zero-order valence-electron chi connectivity index (χ0n) is 12.5. The number of hydrogen-bond acceptors (Lipinski definition) is 5. The van der Waals surface area contributed by atoms with Gasteiger partial charge in [-0.15, -0.1) is 0 Å². The number of H-pyrrole nitrogens is 3. The SMILES string of the molecule is O=C(Nc1cc(C(F)(F)F)c[nH]c1=O)c1cnc2[nH]c(=O)[nH]c(=O)c2c1. The van der Waals surface area contributed by atoms with Gasteiger partial charge in [-0.25, -0.2) is 9.78 Å². The standard InChI is InChI=1S/C14H8F3N5O4/c15-14(16,17)6-2-8(12(25)19-4-6)20-10(23)5-1-7-9(18-3-5)21-13(26)22-11(7)24/h1-4H,(H,19,25)(H,20,23)(H2,18,21,22,24,26). The summed E-state index contributed by atoms with van der Waals surface area (Å²) in [6.45, 7) is 0. The number of pyridine rings is 2. The summed E-state index contributed by atoms with van der Waals surface area (Å²) in [7, 11) is 0. The van der Waals surface area contributed by atoms with Crippen LogP contribution < -0.4 is 22.1 Å². The fourth-order valence-corrected chi connectivity index (χ4v) is 2.11. The van der Waals surface area contributed by atoms with Crippen molar-refractivity contribution in [1.82, 2.24) is 19.9 Å². The van der Waals surface area contributed by atoms with Crippen molar-refractivity contribution in [3.63, 3.8) is 0 Å². The van der Waals surface area contributed by atoms with Crippen LogP contribution in [0.1, 0.15) is 15.9 Å². The van der Waals surface area contributed by atoms with Crippen LogP contribution in [0, 0.1) is 0 Å². The molecule has 0 saturated carbocycles. The van der Waals surface area contributed by atoms with Gasteiger partial charge in [0, 0.05) is 12.4 Å². The summed E-state index contributed by atoms with van der Waals surface area (Å²) in [5.74, 6) is -0.963. The third kappa shape index (κ3) is 3.24. The lowest BCUT2D eigenvalue weighted by molar-refractivity contribution is -0.137. The monoisotopic (exact) mass is 367 g/mol. The maximum absolute atomic E-state index is 12.7. The molecule has 26 heavy (non-hydrogen) atoms. The van der Waals surface area contributed by atoms with Crippen molar-refractivity contribution in [3.8, 4) is 0 Å². The maximum Gasteiger partial charge on any atom is 0.417 e.